The Morgan fingerprint density at radius 2 is 2.13 bits per heavy atom. The Labute approximate surface area is 91.1 Å². The lowest BCUT2D eigenvalue weighted by molar-refractivity contribution is 0.410. The standard InChI is InChI=1S/C8H14N4O2S/c1-12(2)4-3-5-15-7-6(13)9-8(14)11-10-7/h3-5H2,1-2H3,(H2,9,11,13,14). The Morgan fingerprint density at radius 3 is 2.73 bits per heavy atom. The number of hydrogen-bond donors (Lipinski definition) is 2. The van der Waals surface area contributed by atoms with Gasteiger partial charge >= 0.3 is 5.69 Å². The third kappa shape index (κ3) is 4.30. The highest BCUT2D eigenvalue weighted by atomic mass is 32.2. The SMILES string of the molecule is CN(C)CCCSc1n[nH]c(=O)[nH]c1=O. The van der Waals surface area contributed by atoms with E-state index in [2.05, 4.69) is 20.1 Å². The first kappa shape index (κ1) is 12.0. The van der Waals surface area contributed by atoms with E-state index in [0.717, 1.165) is 18.7 Å². The molecule has 1 rings (SSSR count). The smallest absolute Gasteiger partial charge is 0.309 e. The molecule has 0 aliphatic rings. The van der Waals surface area contributed by atoms with Crippen LogP contribution in [0.4, 0.5) is 0 Å². The molecule has 0 aromatic carbocycles. The highest BCUT2D eigenvalue weighted by molar-refractivity contribution is 7.99. The maximum atomic E-state index is 11.2. The summed E-state index contributed by atoms with van der Waals surface area (Å²) in [6.07, 6.45) is 0.970. The van der Waals surface area contributed by atoms with Gasteiger partial charge in [-0.15, -0.1) is 0 Å². The van der Waals surface area contributed by atoms with Gasteiger partial charge in [-0.3, -0.25) is 9.78 Å². The minimum atomic E-state index is -0.572. The van der Waals surface area contributed by atoms with Gasteiger partial charge in [0.2, 0.25) is 0 Å². The van der Waals surface area contributed by atoms with Gasteiger partial charge in [-0.1, -0.05) is 11.8 Å². The maximum absolute atomic E-state index is 11.2. The fraction of sp³-hybridized carbons (Fsp3) is 0.625. The van der Waals surface area contributed by atoms with E-state index in [4.69, 9.17) is 0 Å². The molecule has 0 fully saturated rings. The van der Waals surface area contributed by atoms with Gasteiger partial charge in [0.25, 0.3) is 5.56 Å². The zero-order valence-electron chi connectivity index (χ0n) is 8.74. The summed E-state index contributed by atoms with van der Waals surface area (Å²) in [7, 11) is 3.99. The number of H-pyrrole nitrogens is 2. The average molecular weight is 230 g/mol. The number of aromatic amines is 2. The molecule has 0 saturated heterocycles. The van der Waals surface area contributed by atoms with Crippen LogP contribution in [0.2, 0.25) is 0 Å². The van der Waals surface area contributed by atoms with Crippen LogP contribution >= 0.6 is 11.8 Å². The lowest BCUT2D eigenvalue weighted by atomic mass is 10.5. The third-order valence-corrected chi connectivity index (χ3v) is 2.71. The molecule has 1 aromatic rings. The van der Waals surface area contributed by atoms with Gasteiger partial charge in [0.15, 0.2) is 5.03 Å². The summed E-state index contributed by atoms with van der Waals surface area (Å²) in [4.78, 5) is 26.1. The quantitative estimate of drug-likeness (QED) is 0.526. The molecule has 0 unspecified atom stereocenters. The van der Waals surface area contributed by atoms with Crippen molar-refractivity contribution in [2.75, 3.05) is 26.4 Å². The summed E-state index contributed by atoms with van der Waals surface area (Å²) in [5.41, 5.74) is -0.994. The van der Waals surface area contributed by atoms with Crippen molar-refractivity contribution in [2.24, 2.45) is 0 Å². The van der Waals surface area contributed by atoms with E-state index in [1.165, 1.54) is 11.8 Å². The molecule has 0 bridgehead atoms. The molecule has 7 heteroatoms. The van der Waals surface area contributed by atoms with E-state index in [1.807, 2.05) is 14.1 Å². The van der Waals surface area contributed by atoms with E-state index >= 15 is 0 Å². The summed E-state index contributed by atoms with van der Waals surface area (Å²) in [5.74, 6) is 0.806. The average Bonchev–Trinajstić information content (AvgIpc) is 2.14. The van der Waals surface area contributed by atoms with Gasteiger partial charge in [-0.25, -0.2) is 9.89 Å². The summed E-state index contributed by atoms with van der Waals surface area (Å²) >= 11 is 1.35. The molecule has 15 heavy (non-hydrogen) atoms. The van der Waals surface area contributed by atoms with E-state index in [-0.39, 0.29) is 0 Å². The number of rotatable bonds is 5. The van der Waals surface area contributed by atoms with Crippen LogP contribution in [0.5, 0.6) is 0 Å². The topological polar surface area (TPSA) is 81.8 Å². The van der Waals surface area contributed by atoms with Crippen molar-refractivity contribution < 1.29 is 0 Å². The van der Waals surface area contributed by atoms with Crippen LogP contribution < -0.4 is 11.2 Å². The number of aromatic nitrogens is 3. The first-order chi connectivity index (χ1) is 7.09. The minimum Gasteiger partial charge on any atom is -0.309 e. The summed E-state index contributed by atoms with van der Waals surface area (Å²) in [6, 6.07) is 0. The lowest BCUT2D eigenvalue weighted by Crippen LogP contribution is -2.25. The predicted molar refractivity (Wildman–Crippen MR) is 59.4 cm³/mol. The number of nitrogens with one attached hydrogen (secondary N) is 2. The van der Waals surface area contributed by atoms with Crippen molar-refractivity contribution in [3.8, 4) is 0 Å². The van der Waals surface area contributed by atoms with Crippen LogP contribution in [0.15, 0.2) is 14.6 Å². The second-order valence-electron chi connectivity index (χ2n) is 3.32. The predicted octanol–water partition coefficient (Wildman–Crippen LogP) is -0.498. The fourth-order valence-electron chi connectivity index (χ4n) is 0.984. The van der Waals surface area contributed by atoms with Crippen molar-refractivity contribution in [1.82, 2.24) is 20.1 Å². The van der Waals surface area contributed by atoms with Gasteiger partial charge in [0.05, 0.1) is 0 Å². The molecular formula is C8H14N4O2S. The van der Waals surface area contributed by atoms with Crippen molar-refractivity contribution in [3.05, 3.63) is 20.8 Å². The van der Waals surface area contributed by atoms with Gasteiger partial charge in [-0.05, 0) is 27.1 Å². The monoisotopic (exact) mass is 230 g/mol. The molecule has 0 aliphatic carbocycles. The number of hydrogen-bond acceptors (Lipinski definition) is 5. The molecular weight excluding hydrogens is 216 g/mol. The Kier molecular flexibility index (Phi) is 4.57. The van der Waals surface area contributed by atoms with E-state index in [1.54, 1.807) is 0 Å². The normalized spacial score (nSPS) is 10.9. The molecule has 6 nitrogen and oxygen atoms in total. The molecule has 0 saturated carbocycles. The second-order valence-corrected chi connectivity index (χ2v) is 4.40. The molecule has 2 N–H and O–H groups in total. The van der Waals surface area contributed by atoms with Gasteiger partial charge in [0, 0.05) is 5.75 Å². The van der Waals surface area contributed by atoms with Crippen LogP contribution in [0, 0.1) is 0 Å². The lowest BCUT2D eigenvalue weighted by Gasteiger charge is -2.07. The minimum absolute atomic E-state index is 0.313. The first-order valence-corrected chi connectivity index (χ1v) is 5.54. The van der Waals surface area contributed by atoms with Crippen molar-refractivity contribution in [3.63, 3.8) is 0 Å². The van der Waals surface area contributed by atoms with Crippen LogP contribution in [0.1, 0.15) is 6.42 Å². The van der Waals surface area contributed by atoms with Crippen LogP contribution in [0.3, 0.4) is 0 Å². The zero-order valence-corrected chi connectivity index (χ0v) is 9.56. The Hall–Kier alpha value is -1.08. The summed E-state index contributed by atoms with van der Waals surface area (Å²) in [5, 5.41) is 6.17. The van der Waals surface area contributed by atoms with Crippen molar-refractivity contribution in [1.29, 1.82) is 0 Å². The summed E-state index contributed by atoms with van der Waals surface area (Å²) in [6.45, 7) is 0.967. The third-order valence-electron chi connectivity index (χ3n) is 1.67. The van der Waals surface area contributed by atoms with Gasteiger partial charge < -0.3 is 4.90 Å². The van der Waals surface area contributed by atoms with Crippen molar-refractivity contribution in [2.45, 2.75) is 11.4 Å². The second kappa shape index (κ2) is 5.72. The van der Waals surface area contributed by atoms with Crippen molar-refractivity contribution >= 4 is 11.8 Å². The number of nitrogens with zero attached hydrogens (tertiary/aromatic N) is 2. The highest BCUT2D eigenvalue weighted by Gasteiger charge is 2.02. The molecule has 0 radical (unpaired) electrons. The molecule has 0 spiro atoms. The van der Waals surface area contributed by atoms with Crippen LogP contribution in [-0.2, 0) is 0 Å². The molecule has 84 valence electrons. The van der Waals surface area contributed by atoms with Crippen LogP contribution in [-0.4, -0.2) is 46.5 Å². The molecule has 1 aromatic heterocycles. The molecule has 0 amide bonds. The Bertz CT molecular complexity index is 412. The fourth-order valence-corrected chi connectivity index (χ4v) is 1.74. The number of thioether (sulfide) groups is 1. The first-order valence-electron chi connectivity index (χ1n) is 4.56. The van der Waals surface area contributed by atoms with E-state index < -0.39 is 11.2 Å². The zero-order chi connectivity index (χ0) is 11.3. The molecule has 0 aliphatic heterocycles. The largest absolute Gasteiger partial charge is 0.342 e. The van der Waals surface area contributed by atoms with Gasteiger partial charge in [-0.2, -0.15) is 5.10 Å². The maximum Gasteiger partial charge on any atom is 0.342 e. The van der Waals surface area contributed by atoms with Gasteiger partial charge in [0.1, 0.15) is 0 Å². The Balaban J connectivity index is 2.45. The van der Waals surface area contributed by atoms with E-state index in [0.29, 0.717) is 5.03 Å². The van der Waals surface area contributed by atoms with E-state index in [9.17, 15) is 9.59 Å². The Morgan fingerprint density at radius 1 is 1.40 bits per heavy atom. The highest BCUT2D eigenvalue weighted by Crippen LogP contribution is 2.09. The summed E-state index contributed by atoms with van der Waals surface area (Å²) < 4.78 is 0. The molecule has 1 heterocycles. The molecule has 0 atom stereocenters. The van der Waals surface area contributed by atoms with Crippen LogP contribution in [0.25, 0.3) is 0 Å².